The molecule has 0 spiro atoms. The fourth-order valence-corrected chi connectivity index (χ4v) is 1.36. The number of halogens is 1. The quantitative estimate of drug-likeness (QED) is 0.863. The van der Waals surface area contributed by atoms with Crippen LogP contribution in [0.3, 0.4) is 0 Å². The summed E-state index contributed by atoms with van der Waals surface area (Å²) in [5.74, 6) is -0.596. The molecule has 0 saturated carbocycles. The molecule has 0 aliphatic rings. The van der Waals surface area contributed by atoms with Crippen LogP contribution in [0.15, 0.2) is 18.2 Å². The number of benzene rings is 1. The van der Waals surface area contributed by atoms with Crippen molar-refractivity contribution >= 4 is 17.6 Å². The Kier molecular flexibility index (Phi) is 4.62. The van der Waals surface area contributed by atoms with Crippen molar-refractivity contribution in [3.05, 3.63) is 28.8 Å². The van der Waals surface area contributed by atoms with E-state index in [9.17, 15) is 4.79 Å². The zero-order valence-electron chi connectivity index (χ0n) is 9.37. The van der Waals surface area contributed by atoms with Crippen LogP contribution in [0.2, 0.25) is 5.02 Å². The van der Waals surface area contributed by atoms with Crippen molar-refractivity contribution in [3.63, 3.8) is 0 Å². The summed E-state index contributed by atoms with van der Waals surface area (Å²) >= 11 is 5.93. The normalized spacial score (nSPS) is 12.2. The van der Waals surface area contributed by atoms with Crippen LogP contribution in [0.4, 0.5) is 0 Å². The Morgan fingerprint density at radius 2 is 2.25 bits per heavy atom. The largest absolute Gasteiger partial charge is 0.492 e. The molecule has 0 radical (unpaired) electrons. The first-order chi connectivity index (χ1) is 7.50. The van der Waals surface area contributed by atoms with E-state index >= 15 is 0 Å². The summed E-state index contributed by atoms with van der Waals surface area (Å²) in [6.45, 7) is 3.96. The number of aryl methyl sites for hydroxylation is 1. The first-order valence-corrected chi connectivity index (χ1v) is 5.50. The van der Waals surface area contributed by atoms with Gasteiger partial charge >= 0.3 is 5.97 Å². The highest BCUT2D eigenvalue weighted by Gasteiger charge is 2.11. The molecule has 1 aromatic rings. The Bertz CT molecular complexity index is 377. The van der Waals surface area contributed by atoms with Gasteiger partial charge in [0, 0.05) is 0 Å². The van der Waals surface area contributed by atoms with Crippen LogP contribution >= 0.6 is 11.6 Å². The van der Waals surface area contributed by atoms with Gasteiger partial charge in [0.2, 0.25) is 0 Å². The number of rotatable bonds is 5. The van der Waals surface area contributed by atoms with Crippen molar-refractivity contribution in [1.29, 1.82) is 0 Å². The number of aliphatic carboxylic acids is 1. The van der Waals surface area contributed by atoms with E-state index < -0.39 is 11.9 Å². The maximum absolute atomic E-state index is 10.6. The van der Waals surface area contributed by atoms with E-state index in [4.69, 9.17) is 21.4 Å². The molecule has 0 aromatic heterocycles. The number of carbonyl (C=O) groups is 1. The Hall–Kier alpha value is -1.22. The molecule has 1 N–H and O–H groups in total. The van der Waals surface area contributed by atoms with Gasteiger partial charge in [-0.2, -0.15) is 0 Å². The van der Waals surface area contributed by atoms with Crippen molar-refractivity contribution < 1.29 is 14.6 Å². The van der Waals surface area contributed by atoms with Gasteiger partial charge in [-0.05, 0) is 31.0 Å². The second-order valence-corrected chi connectivity index (χ2v) is 4.22. The van der Waals surface area contributed by atoms with Gasteiger partial charge in [0.15, 0.2) is 0 Å². The van der Waals surface area contributed by atoms with Gasteiger partial charge < -0.3 is 9.84 Å². The lowest BCUT2D eigenvalue weighted by atomic mass is 10.1. The molecule has 0 aliphatic heterocycles. The first-order valence-electron chi connectivity index (χ1n) is 5.12. The maximum Gasteiger partial charge on any atom is 0.306 e. The van der Waals surface area contributed by atoms with E-state index in [0.717, 1.165) is 5.56 Å². The van der Waals surface area contributed by atoms with E-state index in [1.54, 1.807) is 13.0 Å². The second kappa shape index (κ2) is 5.75. The van der Waals surface area contributed by atoms with E-state index in [-0.39, 0.29) is 0 Å². The van der Waals surface area contributed by atoms with Gasteiger partial charge in [0.25, 0.3) is 0 Å². The number of carboxylic acid groups (broad SMARTS) is 1. The molecule has 0 bridgehead atoms. The van der Waals surface area contributed by atoms with Gasteiger partial charge in [-0.15, -0.1) is 0 Å². The van der Waals surface area contributed by atoms with Crippen LogP contribution in [-0.2, 0) is 4.79 Å². The molecule has 0 aliphatic carbocycles. The van der Waals surface area contributed by atoms with Gasteiger partial charge in [-0.25, -0.2) is 0 Å². The van der Waals surface area contributed by atoms with Crippen LogP contribution in [0.5, 0.6) is 5.75 Å². The molecule has 3 nitrogen and oxygen atoms in total. The zero-order chi connectivity index (χ0) is 12.1. The van der Waals surface area contributed by atoms with E-state index in [1.807, 2.05) is 19.1 Å². The average Bonchev–Trinajstić information content (AvgIpc) is 2.22. The topological polar surface area (TPSA) is 46.5 Å². The Labute approximate surface area is 100.0 Å². The fourth-order valence-electron chi connectivity index (χ4n) is 1.19. The Balaban J connectivity index is 2.48. The molecule has 4 heteroatoms. The highest BCUT2D eigenvalue weighted by atomic mass is 35.5. The van der Waals surface area contributed by atoms with Crippen molar-refractivity contribution in [2.75, 3.05) is 6.61 Å². The third-order valence-electron chi connectivity index (χ3n) is 2.32. The number of hydrogen-bond donors (Lipinski definition) is 1. The minimum Gasteiger partial charge on any atom is -0.492 e. The summed E-state index contributed by atoms with van der Waals surface area (Å²) in [7, 11) is 0. The molecule has 16 heavy (non-hydrogen) atoms. The summed E-state index contributed by atoms with van der Waals surface area (Å²) in [5, 5.41) is 9.25. The third-order valence-corrected chi connectivity index (χ3v) is 2.63. The maximum atomic E-state index is 10.6. The van der Waals surface area contributed by atoms with Gasteiger partial charge in [-0.1, -0.05) is 24.6 Å². The molecule has 1 unspecified atom stereocenters. The second-order valence-electron chi connectivity index (χ2n) is 3.81. The van der Waals surface area contributed by atoms with E-state index in [0.29, 0.717) is 23.8 Å². The fraction of sp³-hybridized carbons (Fsp3) is 0.417. The lowest BCUT2D eigenvalue weighted by Crippen LogP contribution is -2.13. The van der Waals surface area contributed by atoms with E-state index in [2.05, 4.69) is 0 Å². The summed E-state index contributed by atoms with van der Waals surface area (Å²) in [6, 6.07) is 5.51. The third kappa shape index (κ3) is 3.74. The number of ether oxygens (including phenoxy) is 1. The Morgan fingerprint density at radius 1 is 1.56 bits per heavy atom. The van der Waals surface area contributed by atoms with Gasteiger partial charge in [0.05, 0.1) is 17.5 Å². The zero-order valence-corrected chi connectivity index (χ0v) is 10.1. The van der Waals surface area contributed by atoms with Crippen LogP contribution in [0.1, 0.15) is 18.9 Å². The molecule has 1 rings (SSSR count). The predicted octanol–water partition coefficient (Wildman–Crippen LogP) is 3.14. The minimum atomic E-state index is -0.807. The van der Waals surface area contributed by atoms with Gasteiger partial charge in [-0.3, -0.25) is 4.79 Å². The smallest absolute Gasteiger partial charge is 0.306 e. The summed E-state index contributed by atoms with van der Waals surface area (Å²) < 4.78 is 5.44. The highest BCUT2D eigenvalue weighted by molar-refractivity contribution is 6.32. The van der Waals surface area contributed by atoms with Crippen LogP contribution in [0.25, 0.3) is 0 Å². The molecule has 0 heterocycles. The molecule has 1 aromatic carbocycles. The van der Waals surface area contributed by atoms with E-state index in [1.165, 1.54) is 0 Å². The first kappa shape index (κ1) is 12.8. The number of hydrogen-bond acceptors (Lipinski definition) is 2. The lowest BCUT2D eigenvalue weighted by Gasteiger charge is -2.10. The van der Waals surface area contributed by atoms with Crippen molar-refractivity contribution in [2.24, 2.45) is 5.92 Å². The highest BCUT2D eigenvalue weighted by Crippen LogP contribution is 2.25. The van der Waals surface area contributed by atoms with Crippen molar-refractivity contribution in [2.45, 2.75) is 20.3 Å². The summed E-state index contributed by atoms with van der Waals surface area (Å²) in [6.07, 6.45) is 0.472. The van der Waals surface area contributed by atoms with Crippen molar-refractivity contribution in [1.82, 2.24) is 0 Å². The molecular weight excluding hydrogens is 228 g/mol. The standard InChI is InChI=1S/C12H15ClO3/c1-8-3-4-10(13)11(7-8)16-6-5-9(2)12(14)15/h3-4,7,9H,5-6H2,1-2H3,(H,14,15). The summed E-state index contributed by atoms with van der Waals surface area (Å²) in [4.78, 5) is 10.6. The van der Waals surface area contributed by atoms with Gasteiger partial charge in [0.1, 0.15) is 5.75 Å². The van der Waals surface area contributed by atoms with Crippen LogP contribution < -0.4 is 4.74 Å². The minimum absolute atomic E-state index is 0.358. The molecule has 0 fully saturated rings. The SMILES string of the molecule is Cc1ccc(Cl)c(OCCC(C)C(=O)O)c1. The monoisotopic (exact) mass is 242 g/mol. The predicted molar refractivity (Wildman–Crippen MR) is 63.1 cm³/mol. The van der Waals surface area contributed by atoms with Crippen LogP contribution in [0, 0.1) is 12.8 Å². The molecule has 0 saturated heterocycles. The average molecular weight is 243 g/mol. The summed E-state index contributed by atoms with van der Waals surface area (Å²) in [5.41, 5.74) is 1.06. The molecule has 0 amide bonds. The molecule has 1 atom stereocenters. The van der Waals surface area contributed by atoms with Crippen molar-refractivity contribution in [3.8, 4) is 5.75 Å². The molecular formula is C12H15ClO3. The lowest BCUT2D eigenvalue weighted by molar-refractivity contribution is -0.141. The molecule has 88 valence electrons. The number of carboxylic acids is 1. The van der Waals surface area contributed by atoms with Crippen LogP contribution in [-0.4, -0.2) is 17.7 Å². The Morgan fingerprint density at radius 3 is 2.88 bits per heavy atom.